The largest absolute Gasteiger partial charge is 0.508 e. The van der Waals surface area contributed by atoms with Gasteiger partial charge in [0.2, 0.25) is 0 Å². The van der Waals surface area contributed by atoms with Crippen LogP contribution in [0.15, 0.2) is 36.4 Å². The highest BCUT2D eigenvalue weighted by Gasteiger charge is 2.19. The van der Waals surface area contributed by atoms with E-state index in [9.17, 15) is 30.6 Å². The second-order valence-corrected chi connectivity index (χ2v) is 8.55. The molecule has 8 heteroatoms. The van der Waals surface area contributed by atoms with Crippen molar-refractivity contribution in [2.75, 3.05) is 26.2 Å². The molecule has 0 heterocycles. The number of phenols is 2. The Bertz CT molecular complexity index is 775. The van der Waals surface area contributed by atoms with Crippen molar-refractivity contribution >= 4 is 0 Å². The monoisotopic (exact) mass is 434 g/mol. The molecule has 0 aromatic heterocycles. The van der Waals surface area contributed by atoms with Crippen LogP contribution in [0.2, 0.25) is 0 Å². The van der Waals surface area contributed by atoms with Crippen LogP contribution in [0.3, 0.4) is 0 Å². The first-order chi connectivity index (χ1) is 14.7. The van der Waals surface area contributed by atoms with E-state index in [1.807, 2.05) is 0 Å². The molecule has 0 bridgehead atoms. The molecule has 8 N–H and O–H groups in total. The van der Waals surface area contributed by atoms with Crippen LogP contribution in [-0.4, -0.2) is 56.8 Å². The molecule has 2 rings (SSSR count). The van der Waals surface area contributed by atoms with E-state index >= 15 is 0 Å². The van der Waals surface area contributed by atoms with Crippen molar-refractivity contribution in [3.05, 3.63) is 58.7 Å². The summed E-state index contributed by atoms with van der Waals surface area (Å²) in [6.45, 7) is 5.39. The zero-order valence-corrected chi connectivity index (χ0v) is 18.0. The predicted octanol–water partition coefficient (Wildman–Crippen LogP) is 1.05. The summed E-state index contributed by atoms with van der Waals surface area (Å²) in [6.07, 6.45) is -1.54. The summed E-state index contributed by atoms with van der Waals surface area (Å²) in [5.74, 6) is 0.00128. The minimum absolute atomic E-state index is 0.000642. The minimum atomic E-state index is -0.772. The zero-order valence-electron chi connectivity index (χ0n) is 18.0. The van der Waals surface area contributed by atoms with Gasteiger partial charge in [0.25, 0.3) is 0 Å². The molecule has 0 saturated carbocycles. The van der Waals surface area contributed by atoms with Crippen LogP contribution in [-0.2, 0) is 13.2 Å². The van der Waals surface area contributed by atoms with Crippen LogP contribution >= 0.6 is 0 Å². The summed E-state index contributed by atoms with van der Waals surface area (Å²) in [6, 6.07) is 9.34. The van der Waals surface area contributed by atoms with E-state index < -0.39 is 12.2 Å². The third-order valence-corrected chi connectivity index (χ3v) is 5.20. The van der Waals surface area contributed by atoms with E-state index in [4.69, 9.17) is 0 Å². The normalized spacial score (nSPS) is 13.9. The molecule has 31 heavy (non-hydrogen) atoms. The number of rotatable bonds is 12. The molecular weight excluding hydrogens is 400 g/mol. The molecule has 172 valence electrons. The van der Waals surface area contributed by atoms with Crippen LogP contribution < -0.4 is 10.6 Å². The molecule has 0 aliphatic rings. The maximum atomic E-state index is 10.4. The number of hydrogen-bond donors (Lipinski definition) is 8. The number of aliphatic hydroxyl groups is 4. The Morgan fingerprint density at radius 3 is 1.48 bits per heavy atom. The quantitative estimate of drug-likeness (QED) is 0.247. The van der Waals surface area contributed by atoms with Crippen LogP contribution in [0.5, 0.6) is 11.5 Å². The first-order valence-electron chi connectivity index (χ1n) is 10.3. The fraction of sp³-hybridized carbons (Fsp3) is 0.478. The molecule has 2 atom stereocenters. The van der Waals surface area contributed by atoms with Gasteiger partial charge in [-0.25, -0.2) is 0 Å². The Morgan fingerprint density at radius 2 is 1.13 bits per heavy atom. The van der Waals surface area contributed by atoms with E-state index in [1.165, 1.54) is 12.1 Å². The highest BCUT2D eigenvalue weighted by Crippen LogP contribution is 2.24. The van der Waals surface area contributed by atoms with Crippen molar-refractivity contribution in [1.29, 1.82) is 0 Å². The zero-order chi connectivity index (χ0) is 23.0. The molecule has 0 amide bonds. The molecule has 0 aliphatic heterocycles. The van der Waals surface area contributed by atoms with Crippen LogP contribution in [0.1, 0.15) is 48.3 Å². The van der Waals surface area contributed by atoms with Gasteiger partial charge in [0.15, 0.2) is 0 Å². The number of benzene rings is 2. The van der Waals surface area contributed by atoms with E-state index in [2.05, 4.69) is 24.5 Å². The lowest BCUT2D eigenvalue weighted by atomic mass is 9.93. The number of aliphatic hydroxyl groups excluding tert-OH is 4. The van der Waals surface area contributed by atoms with E-state index in [-0.39, 0.29) is 30.1 Å². The molecule has 0 spiro atoms. The first-order valence-corrected chi connectivity index (χ1v) is 10.3. The van der Waals surface area contributed by atoms with Crippen molar-refractivity contribution in [1.82, 2.24) is 10.6 Å². The standard InChI is InChI=1S/C23H34N2O6/c1-23(2,13-24-9-21(30)15-3-5-19(28)17(7-15)11-26)14-25-10-22(31)16-4-6-20(29)18(8-16)12-27/h3-8,21-22,24-31H,9-14H2,1-2H3. The summed E-state index contributed by atoms with van der Waals surface area (Å²) >= 11 is 0. The van der Waals surface area contributed by atoms with Gasteiger partial charge in [0, 0.05) is 37.3 Å². The van der Waals surface area contributed by atoms with Gasteiger partial charge in [0.1, 0.15) is 11.5 Å². The highest BCUT2D eigenvalue weighted by atomic mass is 16.3. The lowest BCUT2D eigenvalue weighted by Crippen LogP contribution is -2.40. The SMILES string of the molecule is CC(C)(CNCC(O)c1ccc(O)c(CO)c1)CNCC(O)c1ccc(O)c(CO)c1. The Kier molecular flexibility index (Phi) is 9.24. The summed E-state index contributed by atoms with van der Waals surface area (Å²) in [5.41, 5.74) is 1.82. The summed E-state index contributed by atoms with van der Waals surface area (Å²) in [4.78, 5) is 0. The third kappa shape index (κ3) is 7.46. The second kappa shape index (κ2) is 11.4. The Hall–Kier alpha value is -2.20. The van der Waals surface area contributed by atoms with E-state index in [0.29, 0.717) is 48.4 Å². The predicted molar refractivity (Wildman–Crippen MR) is 117 cm³/mol. The maximum absolute atomic E-state index is 10.4. The smallest absolute Gasteiger partial charge is 0.121 e. The fourth-order valence-corrected chi connectivity index (χ4v) is 3.27. The molecule has 0 aliphatic carbocycles. The van der Waals surface area contributed by atoms with Gasteiger partial charge in [0.05, 0.1) is 25.4 Å². The van der Waals surface area contributed by atoms with Gasteiger partial charge in [-0.2, -0.15) is 0 Å². The first kappa shape index (κ1) is 25.1. The molecule has 2 aromatic carbocycles. The Balaban J connectivity index is 1.77. The summed E-state index contributed by atoms with van der Waals surface area (Å²) in [5, 5.41) is 64.9. The van der Waals surface area contributed by atoms with Crippen molar-refractivity contribution in [2.24, 2.45) is 5.41 Å². The van der Waals surface area contributed by atoms with Gasteiger partial charge in [-0.1, -0.05) is 26.0 Å². The summed E-state index contributed by atoms with van der Waals surface area (Å²) < 4.78 is 0. The lowest BCUT2D eigenvalue weighted by molar-refractivity contribution is 0.160. The van der Waals surface area contributed by atoms with Gasteiger partial charge < -0.3 is 41.3 Å². The van der Waals surface area contributed by atoms with Crippen molar-refractivity contribution in [3.63, 3.8) is 0 Å². The van der Waals surface area contributed by atoms with Crippen LogP contribution in [0.4, 0.5) is 0 Å². The molecule has 2 aromatic rings. The van der Waals surface area contributed by atoms with Gasteiger partial charge >= 0.3 is 0 Å². The third-order valence-electron chi connectivity index (χ3n) is 5.20. The van der Waals surface area contributed by atoms with Gasteiger partial charge in [-0.05, 0) is 40.8 Å². The molecular formula is C23H34N2O6. The van der Waals surface area contributed by atoms with Gasteiger partial charge in [-0.3, -0.25) is 0 Å². The molecule has 0 saturated heterocycles. The average Bonchev–Trinajstić information content (AvgIpc) is 2.73. The van der Waals surface area contributed by atoms with Crippen molar-refractivity contribution in [2.45, 2.75) is 39.3 Å². The average molecular weight is 435 g/mol. The van der Waals surface area contributed by atoms with Gasteiger partial charge in [-0.15, -0.1) is 0 Å². The number of aromatic hydroxyl groups is 2. The van der Waals surface area contributed by atoms with E-state index in [0.717, 1.165) is 0 Å². The van der Waals surface area contributed by atoms with Crippen LogP contribution in [0.25, 0.3) is 0 Å². The molecule has 0 fully saturated rings. The maximum Gasteiger partial charge on any atom is 0.121 e. The Labute approximate surface area is 182 Å². The second-order valence-electron chi connectivity index (χ2n) is 8.55. The fourth-order valence-electron chi connectivity index (χ4n) is 3.27. The number of nitrogens with one attached hydrogen (secondary N) is 2. The topological polar surface area (TPSA) is 145 Å². The van der Waals surface area contributed by atoms with E-state index in [1.54, 1.807) is 24.3 Å². The molecule has 2 unspecified atom stereocenters. The summed E-state index contributed by atoms with van der Waals surface area (Å²) in [7, 11) is 0. The molecule has 0 radical (unpaired) electrons. The van der Waals surface area contributed by atoms with Crippen LogP contribution in [0, 0.1) is 5.41 Å². The van der Waals surface area contributed by atoms with Crippen molar-refractivity contribution in [3.8, 4) is 11.5 Å². The Morgan fingerprint density at radius 1 is 0.742 bits per heavy atom. The highest BCUT2D eigenvalue weighted by molar-refractivity contribution is 5.37. The number of hydrogen-bond acceptors (Lipinski definition) is 8. The minimum Gasteiger partial charge on any atom is -0.508 e. The lowest BCUT2D eigenvalue weighted by Gasteiger charge is -2.27. The molecule has 8 nitrogen and oxygen atoms in total. The van der Waals surface area contributed by atoms with Crippen molar-refractivity contribution < 1.29 is 30.6 Å².